The fraction of sp³-hybridized carbons (Fsp3) is 0.500. The maximum atomic E-state index is 12.0. The van der Waals surface area contributed by atoms with Crippen LogP contribution in [0.2, 0.25) is 0 Å². The van der Waals surface area contributed by atoms with Gasteiger partial charge in [0.1, 0.15) is 11.4 Å². The van der Waals surface area contributed by atoms with Gasteiger partial charge in [-0.15, -0.1) is 0 Å². The lowest BCUT2D eigenvalue weighted by atomic mass is 10.3. The van der Waals surface area contributed by atoms with Crippen molar-refractivity contribution in [1.29, 1.82) is 0 Å². The van der Waals surface area contributed by atoms with Crippen molar-refractivity contribution < 1.29 is 9.59 Å². The fourth-order valence-corrected chi connectivity index (χ4v) is 1.23. The van der Waals surface area contributed by atoms with Gasteiger partial charge in [0.15, 0.2) is 0 Å². The van der Waals surface area contributed by atoms with Gasteiger partial charge in [-0.1, -0.05) is 0 Å². The monoisotopic (exact) mass is 239 g/mol. The highest BCUT2D eigenvalue weighted by molar-refractivity contribution is 5.99. The van der Waals surface area contributed by atoms with Crippen LogP contribution in [-0.2, 0) is 11.8 Å². The van der Waals surface area contributed by atoms with Gasteiger partial charge in [-0.3, -0.25) is 14.3 Å². The van der Waals surface area contributed by atoms with E-state index in [-0.39, 0.29) is 18.4 Å². The number of hydrogen-bond acceptors (Lipinski definition) is 4. The Morgan fingerprint density at radius 3 is 2.41 bits per heavy atom. The van der Waals surface area contributed by atoms with Crippen molar-refractivity contribution in [3.63, 3.8) is 0 Å². The Kier molecular flexibility index (Phi) is 3.72. The molecular weight excluding hydrogens is 222 g/mol. The highest BCUT2D eigenvalue weighted by Crippen LogP contribution is 2.11. The summed E-state index contributed by atoms with van der Waals surface area (Å²) in [7, 11) is 6.48. The van der Waals surface area contributed by atoms with E-state index in [9.17, 15) is 9.59 Å². The number of aromatic nitrogens is 2. The molecule has 7 heteroatoms. The van der Waals surface area contributed by atoms with Crippen molar-refractivity contribution in [2.45, 2.75) is 0 Å². The number of amides is 2. The first-order valence-electron chi connectivity index (χ1n) is 5.07. The molecule has 17 heavy (non-hydrogen) atoms. The number of carbonyl (C=O) groups excluding carboxylic acids is 2. The smallest absolute Gasteiger partial charge is 0.259 e. The largest absolute Gasteiger partial charge is 0.383 e. The zero-order valence-electron chi connectivity index (χ0n) is 10.5. The third-order valence-electron chi connectivity index (χ3n) is 2.43. The van der Waals surface area contributed by atoms with Crippen molar-refractivity contribution >= 4 is 17.6 Å². The topological polar surface area (TPSA) is 84.5 Å². The highest BCUT2D eigenvalue weighted by Gasteiger charge is 2.20. The van der Waals surface area contributed by atoms with E-state index < -0.39 is 0 Å². The van der Waals surface area contributed by atoms with Crippen LogP contribution >= 0.6 is 0 Å². The molecule has 7 nitrogen and oxygen atoms in total. The minimum absolute atomic E-state index is 0.0141. The lowest BCUT2D eigenvalue weighted by molar-refractivity contribution is -0.129. The summed E-state index contributed by atoms with van der Waals surface area (Å²) >= 11 is 0. The SMILES string of the molecule is CN(C)C(=O)CN(C)C(=O)c1cnn(C)c1N. The van der Waals surface area contributed by atoms with Gasteiger partial charge in [0, 0.05) is 28.2 Å². The molecule has 0 aliphatic rings. The molecular formula is C10H17N5O2. The van der Waals surface area contributed by atoms with Crippen molar-refractivity contribution in [2.75, 3.05) is 33.4 Å². The Morgan fingerprint density at radius 2 is 2.00 bits per heavy atom. The van der Waals surface area contributed by atoms with E-state index in [0.717, 1.165) is 0 Å². The molecule has 94 valence electrons. The van der Waals surface area contributed by atoms with Crippen LogP contribution in [0.15, 0.2) is 6.20 Å². The maximum Gasteiger partial charge on any atom is 0.259 e. The highest BCUT2D eigenvalue weighted by atomic mass is 16.2. The second-order valence-corrected chi connectivity index (χ2v) is 4.02. The molecule has 2 N–H and O–H groups in total. The van der Waals surface area contributed by atoms with Crippen molar-refractivity contribution in [3.05, 3.63) is 11.8 Å². The number of anilines is 1. The van der Waals surface area contributed by atoms with Crippen LogP contribution < -0.4 is 5.73 Å². The number of likely N-dealkylation sites (N-methyl/N-ethyl adjacent to an activating group) is 2. The maximum absolute atomic E-state index is 12.0. The van der Waals surface area contributed by atoms with Gasteiger partial charge in [0.05, 0.1) is 12.7 Å². The second-order valence-electron chi connectivity index (χ2n) is 4.02. The Labute approximate surface area is 99.8 Å². The fourth-order valence-electron chi connectivity index (χ4n) is 1.23. The van der Waals surface area contributed by atoms with Gasteiger partial charge < -0.3 is 15.5 Å². The predicted octanol–water partition coefficient (Wildman–Crippen LogP) is -0.837. The molecule has 0 saturated heterocycles. The van der Waals surface area contributed by atoms with Crippen LogP contribution in [0, 0.1) is 0 Å². The molecule has 0 fully saturated rings. The Morgan fingerprint density at radius 1 is 1.41 bits per heavy atom. The average molecular weight is 239 g/mol. The van der Waals surface area contributed by atoms with Crippen LogP contribution in [0.4, 0.5) is 5.82 Å². The summed E-state index contributed by atoms with van der Waals surface area (Å²) in [5.41, 5.74) is 6.00. The number of aryl methyl sites for hydroxylation is 1. The molecule has 1 aromatic heterocycles. The quantitative estimate of drug-likeness (QED) is 0.745. The first-order valence-corrected chi connectivity index (χ1v) is 5.07. The molecule has 0 saturated carbocycles. The summed E-state index contributed by atoms with van der Waals surface area (Å²) in [6.45, 7) is 0.0141. The third-order valence-corrected chi connectivity index (χ3v) is 2.43. The summed E-state index contributed by atoms with van der Waals surface area (Å²) in [5.74, 6) is -0.173. The van der Waals surface area contributed by atoms with E-state index in [0.29, 0.717) is 11.4 Å². The molecule has 0 aliphatic heterocycles. The minimum Gasteiger partial charge on any atom is -0.383 e. The molecule has 1 aromatic rings. The predicted molar refractivity (Wildman–Crippen MR) is 63.3 cm³/mol. The van der Waals surface area contributed by atoms with Gasteiger partial charge in [-0.05, 0) is 0 Å². The lowest BCUT2D eigenvalue weighted by Crippen LogP contribution is -2.37. The normalized spacial score (nSPS) is 10.1. The van der Waals surface area contributed by atoms with Crippen LogP contribution in [0.5, 0.6) is 0 Å². The molecule has 0 radical (unpaired) electrons. The van der Waals surface area contributed by atoms with Crippen LogP contribution in [0.3, 0.4) is 0 Å². The van der Waals surface area contributed by atoms with Gasteiger partial charge in [0.2, 0.25) is 5.91 Å². The number of nitrogens with zero attached hydrogens (tertiary/aromatic N) is 4. The molecule has 0 aliphatic carbocycles. The van der Waals surface area contributed by atoms with E-state index >= 15 is 0 Å². The number of rotatable bonds is 3. The summed E-state index contributed by atoms with van der Waals surface area (Å²) < 4.78 is 1.41. The zero-order chi connectivity index (χ0) is 13.2. The summed E-state index contributed by atoms with van der Waals surface area (Å²) in [6, 6.07) is 0. The molecule has 1 heterocycles. The van der Waals surface area contributed by atoms with Gasteiger partial charge in [-0.2, -0.15) is 5.10 Å². The van der Waals surface area contributed by atoms with E-state index in [1.54, 1.807) is 28.2 Å². The van der Waals surface area contributed by atoms with Crippen LogP contribution in [0.1, 0.15) is 10.4 Å². The van der Waals surface area contributed by atoms with E-state index in [2.05, 4.69) is 5.10 Å². The summed E-state index contributed by atoms with van der Waals surface area (Å²) in [4.78, 5) is 26.2. The van der Waals surface area contributed by atoms with E-state index in [1.807, 2.05) is 0 Å². The molecule has 0 spiro atoms. The Hall–Kier alpha value is -2.05. The average Bonchev–Trinajstić information content (AvgIpc) is 2.58. The second kappa shape index (κ2) is 4.86. The lowest BCUT2D eigenvalue weighted by Gasteiger charge is -2.18. The zero-order valence-corrected chi connectivity index (χ0v) is 10.5. The van der Waals surface area contributed by atoms with Crippen LogP contribution in [0.25, 0.3) is 0 Å². The molecule has 1 rings (SSSR count). The van der Waals surface area contributed by atoms with Gasteiger partial charge in [-0.25, -0.2) is 0 Å². The molecule has 0 atom stereocenters. The first-order chi connectivity index (χ1) is 7.84. The number of carbonyl (C=O) groups is 2. The first kappa shape index (κ1) is 13.0. The summed E-state index contributed by atoms with van der Waals surface area (Å²) in [6.07, 6.45) is 1.40. The molecule has 0 unspecified atom stereocenters. The molecule has 0 aromatic carbocycles. The standard InChI is InChI=1S/C10H17N5O2/c1-13(2)8(16)6-14(3)10(17)7-5-12-15(4)9(7)11/h5H,6,11H2,1-4H3. The van der Waals surface area contributed by atoms with Crippen molar-refractivity contribution in [3.8, 4) is 0 Å². The molecule has 2 amide bonds. The number of hydrogen-bond donors (Lipinski definition) is 1. The van der Waals surface area contributed by atoms with Gasteiger partial charge in [0.25, 0.3) is 5.91 Å². The molecule has 0 bridgehead atoms. The minimum atomic E-state index is -0.314. The van der Waals surface area contributed by atoms with Crippen molar-refractivity contribution in [1.82, 2.24) is 19.6 Å². The third kappa shape index (κ3) is 2.74. The van der Waals surface area contributed by atoms with Gasteiger partial charge >= 0.3 is 0 Å². The van der Waals surface area contributed by atoms with Crippen LogP contribution in [-0.4, -0.2) is 59.1 Å². The van der Waals surface area contributed by atoms with E-state index in [4.69, 9.17) is 5.73 Å². The summed E-state index contributed by atoms with van der Waals surface area (Å²) in [5, 5.41) is 3.88. The number of nitrogens with two attached hydrogens (primary N) is 1. The Bertz CT molecular complexity index is 438. The van der Waals surface area contributed by atoms with Crippen molar-refractivity contribution in [2.24, 2.45) is 7.05 Å². The van der Waals surface area contributed by atoms with E-state index in [1.165, 1.54) is 20.7 Å². The Balaban J connectivity index is 2.77. The number of nitrogen functional groups attached to an aromatic ring is 1.